The predicted molar refractivity (Wildman–Crippen MR) is 118 cm³/mol. The van der Waals surface area contributed by atoms with Crippen molar-refractivity contribution in [3.8, 4) is 0 Å². The number of carbonyl (C=O) groups is 1. The molecule has 2 aromatic rings. The third-order valence-electron chi connectivity index (χ3n) is 8.51. The summed E-state index contributed by atoms with van der Waals surface area (Å²) in [4.78, 5) is 13.6. The van der Waals surface area contributed by atoms with Crippen LogP contribution in [0, 0.1) is 27.9 Å². The van der Waals surface area contributed by atoms with Crippen molar-refractivity contribution in [1.29, 1.82) is 16.6 Å². The van der Waals surface area contributed by atoms with Crippen molar-refractivity contribution in [3.05, 3.63) is 71.3 Å². The number of Topliss-reactive ketones (excluding diaryl/α,β-unsaturated/α-hetero) is 1. The van der Waals surface area contributed by atoms with Gasteiger partial charge in [0.1, 0.15) is 6.04 Å². The lowest BCUT2D eigenvalue weighted by Crippen LogP contribution is -2.47. The van der Waals surface area contributed by atoms with Crippen molar-refractivity contribution in [2.75, 3.05) is 0 Å². The lowest BCUT2D eigenvalue weighted by atomic mass is 9.58. The molecule has 3 N–H and O–H groups in total. The monoisotopic (exact) mass is 428 g/mol. The Kier molecular flexibility index (Phi) is 5.07. The fourth-order valence-electron chi connectivity index (χ4n) is 6.81. The van der Waals surface area contributed by atoms with Gasteiger partial charge in [-0.25, -0.2) is 16.6 Å². The molecule has 3 aliphatic carbocycles. The quantitative estimate of drug-likeness (QED) is 0.504. The summed E-state index contributed by atoms with van der Waals surface area (Å²) in [6.07, 6.45) is 4.38. The minimum absolute atomic E-state index is 0.0596. The minimum atomic E-state index is -0.895. The van der Waals surface area contributed by atoms with Gasteiger partial charge < -0.3 is 0 Å². The molecule has 2 fully saturated rings. The summed E-state index contributed by atoms with van der Waals surface area (Å²) in [5, 5.41) is 11.7. The number of hydrogen-bond donors (Lipinski definition) is 3. The zero-order chi connectivity index (χ0) is 22.3. The number of nitrogens with zero attached hydrogens (tertiary/aromatic N) is 3. The Labute approximate surface area is 187 Å². The highest BCUT2D eigenvalue weighted by molar-refractivity contribution is 5.95. The Morgan fingerprint density at radius 2 is 1.38 bits per heavy atom. The second-order valence-corrected chi connectivity index (χ2v) is 9.69. The summed E-state index contributed by atoms with van der Waals surface area (Å²) in [5.41, 5.74) is 26.1. The van der Waals surface area contributed by atoms with Gasteiger partial charge in [-0.3, -0.25) is 4.79 Å². The maximum atomic E-state index is 13.6. The second-order valence-electron chi connectivity index (χ2n) is 9.69. The third-order valence-corrected chi connectivity index (χ3v) is 8.51. The maximum absolute atomic E-state index is 13.6. The van der Waals surface area contributed by atoms with Crippen LogP contribution in [0.25, 0.3) is 0 Å². The van der Waals surface area contributed by atoms with E-state index in [0.29, 0.717) is 25.7 Å². The highest BCUT2D eigenvalue weighted by atomic mass is 16.1. The van der Waals surface area contributed by atoms with Crippen molar-refractivity contribution in [1.82, 2.24) is 0 Å². The molecule has 0 aromatic heterocycles. The summed E-state index contributed by atoms with van der Waals surface area (Å²) in [5.74, 6) is -0.0531. The minimum Gasteiger partial charge on any atom is -0.296 e. The van der Waals surface area contributed by atoms with Crippen LogP contribution in [-0.4, -0.2) is 23.4 Å². The van der Waals surface area contributed by atoms with Crippen LogP contribution in [0.2, 0.25) is 0 Å². The normalized spacial score (nSPS) is 34.4. The molecule has 0 radical (unpaired) electrons. The van der Waals surface area contributed by atoms with E-state index in [1.54, 1.807) is 0 Å². The average molecular weight is 429 g/mol. The predicted octanol–water partition coefficient (Wildman–Crippen LogP) is 5.90. The van der Waals surface area contributed by atoms with Crippen molar-refractivity contribution >= 4 is 5.78 Å². The Hall–Kier alpha value is -3.09. The third kappa shape index (κ3) is 2.90. The molecule has 0 aliphatic heterocycles. The van der Waals surface area contributed by atoms with Gasteiger partial charge in [-0.2, -0.15) is 15.3 Å². The molecule has 32 heavy (non-hydrogen) atoms. The van der Waals surface area contributed by atoms with Gasteiger partial charge in [0.25, 0.3) is 0 Å². The molecule has 3 aliphatic rings. The van der Waals surface area contributed by atoms with Gasteiger partial charge in [0.05, 0.1) is 5.54 Å². The number of rotatable bonds is 5. The van der Waals surface area contributed by atoms with Crippen LogP contribution < -0.4 is 0 Å². The van der Waals surface area contributed by atoms with Gasteiger partial charge in [0.2, 0.25) is 0 Å². The van der Waals surface area contributed by atoms with E-state index in [-0.39, 0.29) is 17.6 Å². The summed E-state index contributed by atoms with van der Waals surface area (Å²) in [6.45, 7) is 0. The van der Waals surface area contributed by atoms with Crippen LogP contribution >= 0.6 is 0 Å². The lowest BCUT2D eigenvalue weighted by Gasteiger charge is -2.46. The van der Waals surface area contributed by atoms with Crippen LogP contribution in [0.15, 0.2) is 69.9 Å². The van der Waals surface area contributed by atoms with Crippen LogP contribution in [0.5, 0.6) is 0 Å². The van der Waals surface area contributed by atoms with Gasteiger partial charge in [-0.1, -0.05) is 54.6 Å². The summed E-state index contributed by atoms with van der Waals surface area (Å²) in [6, 6.07) is 16.8. The van der Waals surface area contributed by atoms with Gasteiger partial charge in [0, 0.05) is 11.3 Å². The summed E-state index contributed by atoms with van der Waals surface area (Å²) < 4.78 is 0. The first-order valence-electron chi connectivity index (χ1n) is 11.4. The highest BCUT2D eigenvalue weighted by Gasteiger charge is 2.64. The van der Waals surface area contributed by atoms with E-state index in [0.717, 1.165) is 18.4 Å². The average Bonchev–Trinajstić information content (AvgIpc) is 3.38. The molecule has 0 bridgehead atoms. The number of carbonyl (C=O) groups excluding carboxylic acids is 1. The number of nitrogens with one attached hydrogen (secondary N) is 3. The number of ketones is 1. The van der Waals surface area contributed by atoms with Crippen molar-refractivity contribution in [2.45, 2.75) is 62.1 Å². The van der Waals surface area contributed by atoms with Crippen LogP contribution in [0.4, 0.5) is 0 Å². The molecule has 3 atom stereocenters. The first-order valence-corrected chi connectivity index (χ1v) is 11.4. The van der Waals surface area contributed by atoms with Crippen molar-refractivity contribution < 1.29 is 4.79 Å². The molecule has 3 unspecified atom stereocenters. The Bertz CT molecular complexity index is 1030. The molecule has 1 spiro atoms. The molecule has 0 heterocycles. The standard InChI is InChI=1S/C25H28N6O/c26-29-21-20(16-6-2-1-3-7-16)24(23(32)22(21)30-27)10-12-25(31-28,13-11-24)19-14-17-8-4-5-9-18(17)15-19/h1-9,19-22,26-28H,10-15H2. The Morgan fingerprint density at radius 3 is 1.91 bits per heavy atom. The Balaban J connectivity index is 1.48. The maximum Gasteiger partial charge on any atom is 0.168 e. The van der Waals surface area contributed by atoms with Crippen molar-refractivity contribution in [3.63, 3.8) is 0 Å². The van der Waals surface area contributed by atoms with Gasteiger partial charge >= 0.3 is 0 Å². The van der Waals surface area contributed by atoms with Crippen molar-refractivity contribution in [2.24, 2.45) is 26.7 Å². The van der Waals surface area contributed by atoms with Crippen LogP contribution in [0.3, 0.4) is 0 Å². The van der Waals surface area contributed by atoms with E-state index in [9.17, 15) is 4.79 Å². The van der Waals surface area contributed by atoms with E-state index in [1.807, 2.05) is 30.3 Å². The molecule has 2 saturated carbocycles. The van der Waals surface area contributed by atoms with E-state index in [4.69, 9.17) is 16.6 Å². The molecule has 164 valence electrons. The number of fused-ring (bicyclic) bond motifs is 1. The number of benzene rings is 2. The largest absolute Gasteiger partial charge is 0.296 e. The molecule has 0 amide bonds. The van der Waals surface area contributed by atoms with Gasteiger partial charge in [0.15, 0.2) is 11.8 Å². The highest BCUT2D eigenvalue weighted by Crippen LogP contribution is 2.60. The first kappa shape index (κ1) is 20.8. The molecule has 7 heteroatoms. The smallest absolute Gasteiger partial charge is 0.168 e. The lowest BCUT2D eigenvalue weighted by molar-refractivity contribution is -0.130. The molecule has 0 saturated heterocycles. The molecule has 2 aromatic carbocycles. The van der Waals surface area contributed by atoms with E-state index in [2.05, 4.69) is 39.6 Å². The zero-order valence-electron chi connectivity index (χ0n) is 18.0. The fourth-order valence-corrected chi connectivity index (χ4v) is 6.81. The summed E-state index contributed by atoms with van der Waals surface area (Å²) in [7, 11) is 0. The summed E-state index contributed by atoms with van der Waals surface area (Å²) >= 11 is 0. The first-order chi connectivity index (χ1) is 15.6. The second kappa shape index (κ2) is 7.80. The molecular formula is C25H28N6O. The number of hydrogen-bond acceptors (Lipinski definition) is 7. The van der Waals surface area contributed by atoms with Crippen LogP contribution in [-0.2, 0) is 17.6 Å². The SMILES string of the molecule is N=NC1C(=O)C2(CCC(N=N)(C3Cc4ccccc4C3)CC2)C(c2ccccc2)C1N=N. The zero-order valence-corrected chi connectivity index (χ0v) is 18.0. The molecule has 7 nitrogen and oxygen atoms in total. The Morgan fingerprint density at radius 1 is 0.781 bits per heavy atom. The van der Waals surface area contributed by atoms with E-state index < -0.39 is 23.0 Å². The van der Waals surface area contributed by atoms with E-state index >= 15 is 0 Å². The fraction of sp³-hybridized carbons (Fsp3) is 0.480. The topological polar surface area (TPSA) is 126 Å². The van der Waals surface area contributed by atoms with Gasteiger partial charge in [-0.15, -0.1) is 0 Å². The van der Waals surface area contributed by atoms with Crippen LogP contribution in [0.1, 0.15) is 48.3 Å². The van der Waals surface area contributed by atoms with Gasteiger partial charge in [-0.05, 0) is 61.1 Å². The van der Waals surface area contributed by atoms with E-state index in [1.165, 1.54) is 11.1 Å². The molecule has 5 rings (SSSR count). The molecular weight excluding hydrogens is 400 g/mol.